The molecule has 10 heteroatoms. The molecular formula is C24H26N2O7S. The predicted octanol–water partition coefficient (Wildman–Crippen LogP) is 2.66. The molecule has 0 aliphatic rings. The number of nitrogens with zero attached hydrogens (tertiary/aromatic N) is 1. The molecule has 2 amide bonds. The molecule has 0 unspecified atom stereocenters. The van der Waals surface area contributed by atoms with Crippen molar-refractivity contribution in [1.82, 2.24) is 10.2 Å². The molecule has 0 bridgehead atoms. The van der Waals surface area contributed by atoms with Crippen LogP contribution in [0.25, 0.3) is 0 Å². The summed E-state index contributed by atoms with van der Waals surface area (Å²) in [5, 5.41) is 2.72. The molecule has 1 heterocycles. The van der Waals surface area contributed by atoms with E-state index in [1.54, 1.807) is 50.5 Å². The van der Waals surface area contributed by atoms with Gasteiger partial charge in [-0.15, -0.1) is 0 Å². The molecule has 34 heavy (non-hydrogen) atoms. The summed E-state index contributed by atoms with van der Waals surface area (Å²) in [7, 11) is 1.17. The number of likely N-dealkylation sites (N-methyl/N-ethyl adjacent to an activating group) is 1. The normalized spacial score (nSPS) is 11.0. The minimum Gasteiger partial charge on any atom is -0.493 e. The van der Waals surface area contributed by atoms with Crippen LogP contribution in [0.1, 0.15) is 21.9 Å². The summed E-state index contributed by atoms with van der Waals surface area (Å²) in [5.41, 5.74) is 0.731. The Hall–Kier alpha value is -3.79. The molecule has 0 saturated carbocycles. The van der Waals surface area contributed by atoms with Gasteiger partial charge in [-0.2, -0.15) is 0 Å². The lowest BCUT2D eigenvalue weighted by Gasteiger charge is -2.14. The molecule has 2 aromatic carbocycles. The number of carbonyl (C=O) groups excluding carboxylic acids is 2. The predicted molar refractivity (Wildman–Crippen MR) is 124 cm³/mol. The number of amides is 2. The van der Waals surface area contributed by atoms with Gasteiger partial charge in [0.1, 0.15) is 11.5 Å². The Balaban J connectivity index is 1.59. The number of nitrogens with one attached hydrogen (secondary N) is 1. The summed E-state index contributed by atoms with van der Waals surface area (Å²) in [5.74, 6) is -0.0177. The van der Waals surface area contributed by atoms with Crippen LogP contribution < -0.4 is 14.8 Å². The Morgan fingerprint density at radius 1 is 1.00 bits per heavy atom. The zero-order valence-corrected chi connectivity index (χ0v) is 19.9. The van der Waals surface area contributed by atoms with E-state index < -0.39 is 15.7 Å². The van der Waals surface area contributed by atoms with Gasteiger partial charge in [0.2, 0.25) is 0 Å². The van der Waals surface area contributed by atoms with Crippen molar-refractivity contribution in [1.29, 1.82) is 0 Å². The first-order valence-electron chi connectivity index (χ1n) is 10.3. The minimum atomic E-state index is -3.58. The van der Waals surface area contributed by atoms with Crippen molar-refractivity contribution in [2.45, 2.75) is 17.2 Å². The fraction of sp³-hybridized carbons (Fsp3) is 0.250. The van der Waals surface area contributed by atoms with Crippen molar-refractivity contribution in [3.05, 3.63) is 77.7 Å². The van der Waals surface area contributed by atoms with Crippen LogP contribution in [0, 0.1) is 0 Å². The summed E-state index contributed by atoms with van der Waals surface area (Å²) >= 11 is 0. The maximum absolute atomic E-state index is 12.5. The third-order valence-electron chi connectivity index (χ3n) is 4.85. The van der Waals surface area contributed by atoms with Crippen molar-refractivity contribution in [2.24, 2.45) is 0 Å². The van der Waals surface area contributed by atoms with E-state index >= 15 is 0 Å². The standard InChI is InChI=1S/C24H26N2O7S/c1-26(2)23(27)15-32-20-11-9-17(13-22(20)31-3)14-25-24(28)21-12-10-18(33-21)16-34(29,30)19-7-5-4-6-8-19/h4-13H,14-16H2,1-3H3,(H,25,28). The number of sulfone groups is 1. The van der Waals surface area contributed by atoms with E-state index in [1.807, 2.05) is 0 Å². The quantitative estimate of drug-likeness (QED) is 0.468. The lowest BCUT2D eigenvalue weighted by atomic mass is 10.2. The van der Waals surface area contributed by atoms with Crippen molar-refractivity contribution in [3.63, 3.8) is 0 Å². The molecule has 9 nitrogen and oxygen atoms in total. The van der Waals surface area contributed by atoms with Gasteiger partial charge in [0.15, 0.2) is 33.7 Å². The topological polar surface area (TPSA) is 115 Å². The largest absolute Gasteiger partial charge is 0.493 e. The number of methoxy groups -OCH3 is 1. The number of rotatable bonds is 10. The number of hydrogen-bond acceptors (Lipinski definition) is 7. The third-order valence-corrected chi connectivity index (χ3v) is 6.51. The first-order chi connectivity index (χ1) is 16.2. The Labute approximate surface area is 198 Å². The molecule has 3 rings (SSSR count). The molecule has 180 valence electrons. The molecule has 0 atom stereocenters. The molecule has 0 aliphatic carbocycles. The lowest BCUT2D eigenvalue weighted by Crippen LogP contribution is -2.27. The highest BCUT2D eigenvalue weighted by Gasteiger charge is 2.19. The van der Waals surface area contributed by atoms with Crippen LogP contribution in [0.4, 0.5) is 0 Å². The molecule has 0 aliphatic heterocycles. The van der Waals surface area contributed by atoms with E-state index in [1.165, 1.54) is 36.3 Å². The highest BCUT2D eigenvalue weighted by Crippen LogP contribution is 2.28. The van der Waals surface area contributed by atoms with Crippen molar-refractivity contribution < 1.29 is 31.9 Å². The van der Waals surface area contributed by atoms with Gasteiger partial charge >= 0.3 is 0 Å². The van der Waals surface area contributed by atoms with Crippen LogP contribution >= 0.6 is 0 Å². The van der Waals surface area contributed by atoms with E-state index in [9.17, 15) is 18.0 Å². The lowest BCUT2D eigenvalue weighted by molar-refractivity contribution is -0.130. The van der Waals surface area contributed by atoms with Crippen molar-refractivity contribution in [2.75, 3.05) is 27.8 Å². The Morgan fingerprint density at radius 3 is 2.41 bits per heavy atom. The number of hydrogen-bond donors (Lipinski definition) is 1. The van der Waals surface area contributed by atoms with E-state index in [0.29, 0.717) is 11.5 Å². The summed E-state index contributed by atoms with van der Waals surface area (Å²) in [6, 6.07) is 16.0. The molecule has 0 saturated heterocycles. The van der Waals surface area contributed by atoms with Gasteiger partial charge in [0.05, 0.1) is 12.0 Å². The van der Waals surface area contributed by atoms with Crippen LogP contribution in [0.5, 0.6) is 11.5 Å². The van der Waals surface area contributed by atoms with Crippen LogP contribution in [-0.2, 0) is 26.9 Å². The second-order valence-electron chi connectivity index (χ2n) is 7.58. The smallest absolute Gasteiger partial charge is 0.287 e. The van der Waals surface area contributed by atoms with Gasteiger partial charge in [-0.05, 0) is 42.0 Å². The number of benzene rings is 2. The molecule has 0 spiro atoms. The van der Waals surface area contributed by atoms with E-state index in [4.69, 9.17) is 13.9 Å². The van der Waals surface area contributed by atoms with Gasteiger partial charge in [0, 0.05) is 20.6 Å². The molecule has 3 aromatic rings. The van der Waals surface area contributed by atoms with Crippen LogP contribution in [0.2, 0.25) is 0 Å². The molecule has 1 N–H and O–H groups in total. The van der Waals surface area contributed by atoms with E-state index in [-0.39, 0.29) is 41.2 Å². The highest BCUT2D eigenvalue weighted by atomic mass is 32.2. The van der Waals surface area contributed by atoms with Crippen LogP contribution in [0.3, 0.4) is 0 Å². The summed E-state index contributed by atoms with van der Waals surface area (Å²) in [6.07, 6.45) is 0. The maximum Gasteiger partial charge on any atom is 0.287 e. The van der Waals surface area contributed by atoms with E-state index in [2.05, 4.69) is 5.32 Å². The van der Waals surface area contributed by atoms with Crippen molar-refractivity contribution in [3.8, 4) is 11.5 Å². The summed E-state index contributed by atoms with van der Waals surface area (Å²) < 4.78 is 41.3. The fourth-order valence-electron chi connectivity index (χ4n) is 2.96. The van der Waals surface area contributed by atoms with Crippen molar-refractivity contribution >= 4 is 21.7 Å². The molecule has 0 fully saturated rings. The van der Waals surface area contributed by atoms with E-state index in [0.717, 1.165) is 5.56 Å². The monoisotopic (exact) mass is 486 g/mol. The first-order valence-corrected chi connectivity index (χ1v) is 12.0. The van der Waals surface area contributed by atoms with Gasteiger partial charge < -0.3 is 24.1 Å². The fourth-order valence-corrected chi connectivity index (χ4v) is 4.22. The van der Waals surface area contributed by atoms with Gasteiger partial charge in [-0.3, -0.25) is 9.59 Å². The summed E-state index contributed by atoms with van der Waals surface area (Å²) in [4.78, 5) is 25.8. The molecule has 1 aromatic heterocycles. The maximum atomic E-state index is 12.5. The van der Waals surface area contributed by atoms with Crippen LogP contribution in [-0.4, -0.2) is 52.9 Å². The number of furan rings is 1. The van der Waals surface area contributed by atoms with Gasteiger partial charge in [-0.1, -0.05) is 24.3 Å². The molecule has 0 radical (unpaired) electrons. The zero-order valence-electron chi connectivity index (χ0n) is 19.1. The zero-order chi connectivity index (χ0) is 24.7. The second-order valence-corrected chi connectivity index (χ2v) is 9.57. The Kier molecular flexibility index (Phi) is 7.95. The van der Waals surface area contributed by atoms with Crippen LogP contribution in [0.15, 0.2) is 70.0 Å². The summed E-state index contributed by atoms with van der Waals surface area (Å²) in [6.45, 7) is 0.0463. The average Bonchev–Trinajstić information content (AvgIpc) is 3.29. The highest BCUT2D eigenvalue weighted by molar-refractivity contribution is 7.90. The second kappa shape index (κ2) is 10.9. The number of carbonyl (C=O) groups is 2. The van der Waals surface area contributed by atoms with Gasteiger partial charge in [-0.25, -0.2) is 8.42 Å². The average molecular weight is 487 g/mol. The third kappa shape index (κ3) is 6.38. The Morgan fingerprint density at radius 2 is 1.74 bits per heavy atom. The number of ether oxygens (including phenoxy) is 2. The Bertz CT molecular complexity index is 1250. The molecular weight excluding hydrogens is 460 g/mol. The minimum absolute atomic E-state index is 0.00683. The first kappa shape index (κ1) is 24.8. The SMILES string of the molecule is COc1cc(CNC(=O)c2ccc(CS(=O)(=O)c3ccccc3)o2)ccc1OCC(=O)N(C)C. The van der Waals surface area contributed by atoms with Gasteiger partial charge in [0.25, 0.3) is 11.8 Å².